The second kappa shape index (κ2) is 6.98. The third-order valence-electron chi connectivity index (χ3n) is 4.44. The molecule has 4 rings (SSSR count). The number of sulfonamides is 1. The summed E-state index contributed by atoms with van der Waals surface area (Å²) in [4.78, 5) is 4.95. The van der Waals surface area contributed by atoms with E-state index in [0.29, 0.717) is 0 Å². The van der Waals surface area contributed by atoms with Crippen LogP contribution in [0.15, 0.2) is 83.9 Å². The molecule has 0 saturated heterocycles. The molecule has 136 valence electrons. The van der Waals surface area contributed by atoms with Crippen LogP contribution in [0.5, 0.6) is 0 Å². The van der Waals surface area contributed by atoms with Gasteiger partial charge in [0.1, 0.15) is 5.65 Å². The van der Waals surface area contributed by atoms with Crippen LogP contribution in [0.3, 0.4) is 0 Å². The molecule has 0 fully saturated rings. The van der Waals surface area contributed by atoms with Crippen molar-refractivity contribution in [1.82, 2.24) is 14.1 Å². The Morgan fingerprint density at radius 2 is 1.63 bits per heavy atom. The third kappa shape index (κ3) is 3.49. The molecule has 0 spiro atoms. The van der Waals surface area contributed by atoms with Gasteiger partial charge in [0.15, 0.2) is 0 Å². The van der Waals surface area contributed by atoms with Crippen molar-refractivity contribution in [3.05, 3.63) is 90.3 Å². The first-order valence-electron chi connectivity index (χ1n) is 8.62. The van der Waals surface area contributed by atoms with Crippen LogP contribution in [0, 0.1) is 6.92 Å². The minimum Gasteiger partial charge on any atom is -0.302 e. The minimum atomic E-state index is -3.61. The molecule has 0 amide bonds. The lowest BCUT2D eigenvalue weighted by atomic mass is 10.1. The summed E-state index contributed by atoms with van der Waals surface area (Å²) >= 11 is 0. The normalized spacial score (nSPS) is 11.7. The lowest BCUT2D eigenvalue weighted by molar-refractivity contribution is 0.580. The van der Waals surface area contributed by atoms with Crippen LogP contribution < -0.4 is 4.72 Å². The first-order valence-corrected chi connectivity index (χ1v) is 10.1. The zero-order chi connectivity index (χ0) is 18.9. The predicted octanol–water partition coefficient (Wildman–Crippen LogP) is 3.79. The molecule has 5 nitrogen and oxygen atoms in total. The maximum atomic E-state index is 12.7. The van der Waals surface area contributed by atoms with Crippen molar-refractivity contribution in [1.29, 1.82) is 0 Å². The van der Waals surface area contributed by atoms with E-state index in [4.69, 9.17) is 4.98 Å². The van der Waals surface area contributed by atoms with Crippen molar-refractivity contribution in [3.63, 3.8) is 0 Å². The van der Waals surface area contributed by atoms with E-state index in [1.165, 1.54) is 0 Å². The van der Waals surface area contributed by atoms with Crippen LogP contribution in [-0.4, -0.2) is 17.8 Å². The van der Waals surface area contributed by atoms with Gasteiger partial charge in [-0.15, -0.1) is 0 Å². The summed E-state index contributed by atoms with van der Waals surface area (Å²) in [5.41, 5.74) is 4.31. The van der Waals surface area contributed by atoms with E-state index in [1.54, 1.807) is 24.3 Å². The standard InChI is InChI=1S/C21H19N3O2S/c1-16-10-12-18(13-11-16)27(25,26)22-15-19-21(17-7-3-2-4-8-17)23-20-9-5-6-14-24(19)20/h2-14,22H,15H2,1H3. The zero-order valence-electron chi connectivity index (χ0n) is 14.8. The second-order valence-electron chi connectivity index (χ2n) is 6.34. The Balaban J connectivity index is 1.72. The fourth-order valence-electron chi connectivity index (χ4n) is 3.01. The molecule has 0 unspecified atom stereocenters. The maximum Gasteiger partial charge on any atom is 0.240 e. The van der Waals surface area contributed by atoms with E-state index < -0.39 is 10.0 Å². The number of benzene rings is 2. The molecule has 0 radical (unpaired) electrons. The van der Waals surface area contributed by atoms with Crippen LogP contribution in [0.1, 0.15) is 11.3 Å². The Bertz CT molecular complexity index is 1180. The Kier molecular flexibility index (Phi) is 4.51. The lowest BCUT2D eigenvalue weighted by Gasteiger charge is -2.09. The van der Waals surface area contributed by atoms with Crippen molar-refractivity contribution in [3.8, 4) is 11.3 Å². The number of hydrogen-bond acceptors (Lipinski definition) is 3. The van der Waals surface area contributed by atoms with E-state index in [-0.39, 0.29) is 11.4 Å². The highest BCUT2D eigenvalue weighted by molar-refractivity contribution is 7.89. The average Bonchev–Trinajstić information content (AvgIpc) is 3.06. The van der Waals surface area contributed by atoms with E-state index >= 15 is 0 Å². The van der Waals surface area contributed by atoms with Gasteiger partial charge in [-0.05, 0) is 31.2 Å². The van der Waals surface area contributed by atoms with Gasteiger partial charge in [-0.1, -0.05) is 54.1 Å². The second-order valence-corrected chi connectivity index (χ2v) is 8.11. The molecule has 6 heteroatoms. The Morgan fingerprint density at radius 1 is 0.926 bits per heavy atom. The predicted molar refractivity (Wildman–Crippen MR) is 106 cm³/mol. The van der Waals surface area contributed by atoms with Gasteiger partial charge in [-0.25, -0.2) is 18.1 Å². The highest BCUT2D eigenvalue weighted by Gasteiger charge is 2.18. The van der Waals surface area contributed by atoms with Gasteiger partial charge in [0.2, 0.25) is 10.0 Å². The molecule has 4 aromatic rings. The highest BCUT2D eigenvalue weighted by atomic mass is 32.2. The van der Waals surface area contributed by atoms with E-state index in [9.17, 15) is 8.42 Å². The molecule has 0 bridgehead atoms. The van der Waals surface area contributed by atoms with Crippen molar-refractivity contribution in [2.75, 3.05) is 0 Å². The number of rotatable bonds is 5. The van der Waals surface area contributed by atoms with Crippen LogP contribution in [0.2, 0.25) is 0 Å². The number of aromatic nitrogens is 2. The fraction of sp³-hybridized carbons (Fsp3) is 0.0952. The van der Waals surface area contributed by atoms with Gasteiger partial charge < -0.3 is 4.40 Å². The molecular weight excluding hydrogens is 358 g/mol. The van der Waals surface area contributed by atoms with E-state index in [0.717, 1.165) is 28.2 Å². The van der Waals surface area contributed by atoms with Crippen LogP contribution in [0.25, 0.3) is 16.9 Å². The molecule has 0 aliphatic heterocycles. The number of hydrogen-bond donors (Lipinski definition) is 1. The zero-order valence-corrected chi connectivity index (χ0v) is 15.6. The summed E-state index contributed by atoms with van der Waals surface area (Å²) in [5, 5.41) is 0. The Hall–Kier alpha value is -2.96. The number of imidazole rings is 1. The number of nitrogens with zero attached hydrogens (tertiary/aromatic N) is 2. The van der Waals surface area contributed by atoms with Gasteiger partial charge in [0.05, 0.1) is 22.8 Å². The van der Waals surface area contributed by atoms with Gasteiger partial charge in [0, 0.05) is 11.8 Å². The Labute approximate surface area is 158 Å². The average molecular weight is 377 g/mol. The molecule has 2 aromatic heterocycles. The van der Waals surface area contributed by atoms with E-state index in [1.807, 2.05) is 66.1 Å². The highest BCUT2D eigenvalue weighted by Crippen LogP contribution is 2.24. The number of pyridine rings is 1. The topological polar surface area (TPSA) is 63.5 Å². The van der Waals surface area contributed by atoms with Gasteiger partial charge in [0.25, 0.3) is 0 Å². The van der Waals surface area contributed by atoms with Gasteiger partial charge >= 0.3 is 0 Å². The summed E-state index contributed by atoms with van der Waals surface area (Å²) < 4.78 is 30.0. The van der Waals surface area contributed by atoms with Crippen LogP contribution >= 0.6 is 0 Å². The monoisotopic (exact) mass is 377 g/mol. The summed E-state index contributed by atoms with van der Waals surface area (Å²) in [7, 11) is -3.61. The first-order chi connectivity index (χ1) is 13.0. The quantitative estimate of drug-likeness (QED) is 0.576. The van der Waals surface area contributed by atoms with Crippen LogP contribution in [-0.2, 0) is 16.6 Å². The Morgan fingerprint density at radius 3 is 2.37 bits per heavy atom. The SMILES string of the molecule is Cc1ccc(S(=O)(=O)NCc2c(-c3ccccc3)nc3ccccn23)cc1. The van der Waals surface area contributed by atoms with Crippen molar-refractivity contribution in [2.24, 2.45) is 0 Å². The third-order valence-corrected chi connectivity index (χ3v) is 5.85. The van der Waals surface area contributed by atoms with Crippen LogP contribution in [0.4, 0.5) is 0 Å². The minimum absolute atomic E-state index is 0.144. The molecule has 0 saturated carbocycles. The van der Waals surface area contributed by atoms with Crippen molar-refractivity contribution >= 4 is 15.7 Å². The summed E-state index contributed by atoms with van der Waals surface area (Å²) in [6.07, 6.45) is 1.89. The fourth-order valence-corrected chi connectivity index (χ4v) is 3.99. The first kappa shape index (κ1) is 17.5. The lowest BCUT2D eigenvalue weighted by Crippen LogP contribution is -2.24. The molecule has 1 N–H and O–H groups in total. The smallest absolute Gasteiger partial charge is 0.240 e. The van der Waals surface area contributed by atoms with Gasteiger partial charge in [-0.2, -0.15) is 0 Å². The van der Waals surface area contributed by atoms with Gasteiger partial charge in [-0.3, -0.25) is 0 Å². The maximum absolute atomic E-state index is 12.7. The summed E-state index contributed by atoms with van der Waals surface area (Å²) in [6.45, 7) is 2.07. The molecule has 2 aromatic carbocycles. The molecule has 0 aliphatic carbocycles. The molecule has 2 heterocycles. The molecule has 0 aliphatic rings. The summed E-state index contributed by atoms with van der Waals surface area (Å²) in [6, 6.07) is 22.3. The van der Waals surface area contributed by atoms with Crippen molar-refractivity contribution in [2.45, 2.75) is 18.4 Å². The largest absolute Gasteiger partial charge is 0.302 e. The summed E-state index contributed by atoms with van der Waals surface area (Å²) in [5.74, 6) is 0. The number of nitrogens with one attached hydrogen (secondary N) is 1. The molecular formula is C21H19N3O2S. The molecule has 0 atom stereocenters. The number of fused-ring (bicyclic) bond motifs is 1. The van der Waals surface area contributed by atoms with E-state index in [2.05, 4.69) is 4.72 Å². The number of aryl methyl sites for hydroxylation is 1. The van der Waals surface area contributed by atoms with Crippen molar-refractivity contribution < 1.29 is 8.42 Å². The molecule has 27 heavy (non-hydrogen) atoms.